The second-order valence-electron chi connectivity index (χ2n) is 6.89. The van der Waals surface area contributed by atoms with Gasteiger partial charge in [0.05, 0.1) is 28.5 Å². The van der Waals surface area contributed by atoms with Crippen LogP contribution in [-0.2, 0) is 20.9 Å². The van der Waals surface area contributed by atoms with Gasteiger partial charge in [0.1, 0.15) is 6.61 Å². The minimum absolute atomic E-state index is 0.0196. The molecule has 158 valence electrons. The van der Waals surface area contributed by atoms with Crippen LogP contribution in [-0.4, -0.2) is 63.4 Å². The third-order valence-corrected chi connectivity index (χ3v) is 5.92. The normalized spacial score (nSPS) is 23.7. The van der Waals surface area contributed by atoms with Crippen molar-refractivity contribution in [2.75, 3.05) is 13.1 Å². The maximum absolute atomic E-state index is 13.3. The van der Waals surface area contributed by atoms with Gasteiger partial charge in [-0.1, -0.05) is 54.8 Å². The lowest BCUT2D eigenvalue weighted by Crippen LogP contribution is -2.61. The minimum Gasteiger partial charge on any atom is -0.458 e. The predicted octanol–water partition coefficient (Wildman–Crippen LogP) is 0.457. The van der Waals surface area contributed by atoms with Gasteiger partial charge in [-0.05, 0) is 24.9 Å². The lowest BCUT2D eigenvalue weighted by molar-refractivity contribution is -0.155. The second kappa shape index (κ2) is 9.37. The predicted molar refractivity (Wildman–Crippen MR) is 118 cm³/mol. The molecule has 0 aliphatic carbocycles. The Kier molecular flexibility index (Phi) is 6.85. The summed E-state index contributed by atoms with van der Waals surface area (Å²) in [4.78, 5) is 39.1. The molecular weight excluding hydrogens is 426 g/mol. The smallest absolute Gasteiger partial charge is 0.343 e. The molecule has 1 aromatic carbocycles. The minimum atomic E-state index is -1.84. The SMILES string of the molecule is NC(=O)NN=C[C@]1(C(=O)OCc2ccccc2)C(=S)C(=S)CN1C(=O)[C@@H]1CCCN1. The number of nitrogens with one attached hydrogen (secondary N) is 2. The summed E-state index contributed by atoms with van der Waals surface area (Å²) in [6, 6.07) is 7.67. The number of hydrogen-bond donors (Lipinski definition) is 3. The lowest BCUT2D eigenvalue weighted by atomic mass is 9.96. The molecule has 0 saturated carbocycles. The summed E-state index contributed by atoms with van der Waals surface area (Å²) in [6.45, 7) is 0.647. The Morgan fingerprint density at radius 1 is 1.33 bits per heavy atom. The Labute approximate surface area is 184 Å². The van der Waals surface area contributed by atoms with Gasteiger partial charge in [0.15, 0.2) is 0 Å². The van der Waals surface area contributed by atoms with Crippen LogP contribution in [0.15, 0.2) is 35.4 Å². The van der Waals surface area contributed by atoms with E-state index in [9.17, 15) is 14.4 Å². The number of carbonyl (C=O) groups excluding carboxylic acids is 3. The van der Waals surface area contributed by atoms with Crippen LogP contribution in [0.3, 0.4) is 0 Å². The molecule has 3 amide bonds. The van der Waals surface area contributed by atoms with E-state index in [1.165, 1.54) is 4.90 Å². The highest BCUT2D eigenvalue weighted by atomic mass is 32.1. The molecule has 4 N–H and O–H groups in total. The van der Waals surface area contributed by atoms with Gasteiger partial charge < -0.3 is 20.7 Å². The summed E-state index contributed by atoms with van der Waals surface area (Å²) in [6.07, 6.45) is 2.53. The van der Waals surface area contributed by atoms with E-state index in [0.717, 1.165) is 18.2 Å². The third-order valence-electron chi connectivity index (χ3n) is 4.90. The average molecular weight is 448 g/mol. The van der Waals surface area contributed by atoms with Gasteiger partial charge in [0.25, 0.3) is 0 Å². The number of benzene rings is 1. The van der Waals surface area contributed by atoms with Crippen LogP contribution in [0.2, 0.25) is 0 Å². The molecule has 2 aliphatic rings. The number of nitrogens with zero attached hydrogens (tertiary/aromatic N) is 2. The first-order valence-corrected chi connectivity index (χ1v) is 10.1. The molecule has 30 heavy (non-hydrogen) atoms. The van der Waals surface area contributed by atoms with Crippen LogP contribution in [0.1, 0.15) is 18.4 Å². The Bertz CT molecular complexity index is 901. The number of urea groups is 1. The molecule has 0 bridgehead atoms. The van der Waals surface area contributed by atoms with Gasteiger partial charge >= 0.3 is 12.0 Å². The van der Waals surface area contributed by atoms with Gasteiger partial charge in [-0.2, -0.15) is 5.10 Å². The molecule has 2 heterocycles. The maximum Gasteiger partial charge on any atom is 0.343 e. The number of hydrogen-bond acceptors (Lipinski definition) is 8. The van der Waals surface area contributed by atoms with Gasteiger partial charge in [0, 0.05) is 0 Å². The fourth-order valence-corrected chi connectivity index (χ4v) is 4.01. The molecule has 2 saturated heterocycles. The van der Waals surface area contributed by atoms with Crippen LogP contribution in [0.5, 0.6) is 0 Å². The van der Waals surface area contributed by atoms with Crippen molar-refractivity contribution in [2.45, 2.75) is 31.0 Å². The maximum atomic E-state index is 13.3. The quantitative estimate of drug-likeness (QED) is 0.250. The van der Waals surface area contributed by atoms with Gasteiger partial charge in [0.2, 0.25) is 11.4 Å². The van der Waals surface area contributed by atoms with Crippen molar-refractivity contribution in [3.63, 3.8) is 0 Å². The van der Waals surface area contributed by atoms with Gasteiger partial charge in [-0.3, -0.25) is 4.79 Å². The van der Waals surface area contributed by atoms with Crippen molar-refractivity contribution in [2.24, 2.45) is 10.8 Å². The lowest BCUT2D eigenvalue weighted by Gasteiger charge is -2.34. The summed E-state index contributed by atoms with van der Waals surface area (Å²) < 4.78 is 5.50. The van der Waals surface area contributed by atoms with Gasteiger partial charge in [-0.15, -0.1) is 0 Å². The Balaban J connectivity index is 1.94. The molecule has 1 aromatic rings. The number of esters is 1. The van der Waals surface area contributed by atoms with Crippen molar-refractivity contribution < 1.29 is 19.1 Å². The Hall–Kier alpha value is -2.76. The van der Waals surface area contributed by atoms with E-state index in [1.54, 1.807) is 12.1 Å². The molecule has 2 aliphatic heterocycles. The highest BCUT2D eigenvalue weighted by molar-refractivity contribution is 7.89. The van der Waals surface area contributed by atoms with Crippen LogP contribution < -0.4 is 16.5 Å². The summed E-state index contributed by atoms with van der Waals surface area (Å²) in [7, 11) is 0. The number of likely N-dealkylation sites (tertiary alicyclic amines) is 1. The molecule has 0 unspecified atom stereocenters. The number of carbonyl (C=O) groups is 3. The fraction of sp³-hybridized carbons (Fsp3) is 0.368. The zero-order valence-corrected chi connectivity index (χ0v) is 17.6. The largest absolute Gasteiger partial charge is 0.458 e. The zero-order chi connectivity index (χ0) is 21.7. The molecule has 0 spiro atoms. The second-order valence-corrected chi connectivity index (χ2v) is 7.79. The number of nitrogens with two attached hydrogens (primary N) is 1. The topological polar surface area (TPSA) is 126 Å². The first-order chi connectivity index (χ1) is 14.4. The van der Waals surface area contributed by atoms with Crippen LogP contribution in [0.4, 0.5) is 4.79 Å². The van der Waals surface area contributed by atoms with E-state index in [0.29, 0.717) is 13.0 Å². The fourth-order valence-electron chi connectivity index (χ4n) is 3.42. The third kappa shape index (κ3) is 4.37. The van der Waals surface area contributed by atoms with E-state index in [1.807, 2.05) is 23.6 Å². The molecule has 3 rings (SSSR count). The Morgan fingerprint density at radius 2 is 2.07 bits per heavy atom. The number of primary amides is 1. The molecule has 2 atom stereocenters. The van der Waals surface area contributed by atoms with Crippen molar-refractivity contribution in [3.05, 3.63) is 35.9 Å². The number of hydrazone groups is 1. The zero-order valence-electron chi connectivity index (χ0n) is 16.0. The van der Waals surface area contributed by atoms with E-state index < -0.39 is 23.6 Å². The van der Waals surface area contributed by atoms with E-state index in [4.69, 9.17) is 34.9 Å². The summed E-state index contributed by atoms with van der Waals surface area (Å²) in [5.74, 6) is -1.14. The van der Waals surface area contributed by atoms with Crippen LogP contribution in [0, 0.1) is 0 Å². The summed E-state index contributed by atoms with van der Waals surface area (Å²) in [5.41, 5.74) is 6.01. The number of thiocarbonyl (C=S) groups is 2. The number of amides is 3. The van der Waals surface area contributed by atoms with Crippen molar-refractivity contribution in [3.8, 4) is 0 Å². The van der Waals surface area contributed by atoms with Gasteiger partial charge in [-0.25, -0.2) is 15.0 Å². The van der Waals surface area contributed by atoms with Crippen LogP contribution >= 0.6 is 24.4 Å². The first-order valence-electron chi connectivity index (χ1n) is 9.29. The van der Waals surface area contributed by atoms with Crippen molar-refractivity contribution in [1.29, 1.82) is 0 Å². The number of rotatable bonds is 6. The van der Waals surface area contributed by atoms with Crippen molar-refractivity contribution >= 4 is 58.3 Å². The highest BCUT2D eigenvalue weighted by Gasteiger charge is 2.57. The molecule has 11 heteroatoms. The number of ether oxygens (including phenoxy) is 1. The molecule has 0 aromatic heterocycles. The standard InChI is InChI=1S/C19H21N5O4S2/c20-18(27)23-22-11-19(17(26)28-10-12-5-2-1-3-6-12)15(30)14(29)9-24(19)16(25)13-7-4-8-21-13/h1-3,5-6,11,13,21H,4,7-10H2,(H3,20,23,27)/t13-,19+/m0/s1. The highest BCUT2D eigenvalue weighted by Crippen LogP contribution is 2.29. The molecule has 0 radical (unpaired) electrons. The molecular formula is C19H21N5O4S2. The molecule has 2 fully saturated rings. The Morgan fingerprint density at radius 3 is 2.70 bits per heavy atom. The van der Waals surface area contributed by atoms with E-state index in [2.05, 4.69) is 10.4 Å². The summed E-state index contributed by atoms with van der Waals surface area (Å²) in [5, 5.41) is 6.84. The molecule has 9 nitrogen and oxygen atoms in total. The first kappa shape index (κ1) is 21.9. The van der Waals surface area contributed by atoms with E-state index in [-0.39, 0.29) is 28.8 Å². The average Bonchev–Trinajstić information content (AvgIpc) is 3.35. The monoisotopic (exact) mass is 447 g/mol. The van der Waals surface area contributed by atoms with Crippen molar-refractivity contribution in [1.82, 2.24) is 15.6 Å². The summed E-state index contributed by atoms with van der Waals surface area (Å²) >= 11 is 10.8. The van der Waals surface area contributed by atoms with E-state index >= 15 is 0 Å². The van der Waals surface area contributed by atoms with Crippen LogP contribution in [0.25, 0.3) is 0 Å².